The fourth-order valence-electron chi connectivity index (χ4n) is 3.79. The highest BCUT2D eigenvalue weighted by Crippen LogP contribution is 2.25. The molecule has 0 spiro atoms. The number of aliphatic imine (C=N–C) groups is 1. The Morgan fingerprint density at radius 1 is 0.857 bits per heavy atom. The van der Waals surface area contributed by atoms with Gasteiger partial charge in [-0.05, 0) is 41.7 Å². The van der Waals surface area contributed by atoms with Crippen molar-refractivity contribution in [3.8, 4) is 5.75 Å². The maximum Gasteiger partial charge on any atom is 0.242 e. The van der Waals surface area contributed by atoms with Gasteiger partial charge in [0.05, 0.1) is 5.92 Å². The zero-order valence-corrected chi connectivity index (χ0v) is 19.4. The highest BCUT2D eigenvalue weighted by molar-refractivity contribution is 5.92. The Bertz CT molecular complexity index is 1090. The molecular weight excluding hydrogens is 442 g/mol. The fourth-order valence-corrected chi connectivity index (χ4v) is 3.79. The van der Waals surface area contributed by atoms with Crippen LogP contribution in [-0.2, 0) is 16.1 Å². The van der Waals surface area contributed by atoms with E-state index in [4.69, 9.17) is 11.5 Å². The second kappa shape index (κ2) is 12.8. The summed E-state index contributed by atoms with van der Waals surface area (Å²) < 4.78 is 0. The van der Waals surface area contributed by atoms with Gasteiger partial charge in [-0.25, -0.2) is 0 Å². The first kappa shape index (κ1) is 25.3. The zero-order valence-electron chi connectivity index (χ0n) is 19.4. The minimum absolute atomic E-state index is 0.0212. The fraction of sp³-hybridized carbons (Fsp3) is 0.222. The highest BCUT2D eigenvalue weighted by Gasteiger charge is 2.27. The number of phenolic OH excluding ortho intramolecular Hbond substituents is 1. The molecule has 0 unspecified atom stereocenters. The summed E-state index contributed by atoms with van der Waals surface area (Å²) in [5, 5.41) is 15.5. The molecule has 3 rings (SSSR count). The number of nitrogens with zero attached hydrogens (tertiary/aromatic N) is 1. The summed E-state index contributed by atoms with van der Waals surface area (Å²) in [6.07, 6.45) is 0.856. The molecular formula is C27H31N5O3. The minimum atomic E-state index is -0.788. The molecule has 0 aromatic heterocycles. The summed E-state index contributed by atoms with van der Waals surface area (Å²) in [5.41, 5.74) is 13.2. The number of carbonyl (C=O) groups is 2. The van der Waals surface area contributed by atoms with Crippen molar-refractivity contribution in [1.29, 1.82) is 0 Å². The van der Waals surface area contributed by atoms with E-state index in [2.05, 4.69) is 15.6 Å². The van der Waals surface area contributed by atoms with Crippen molar-refractivity contribution in [2.45, 2.75) is 31.3 Å². The van der Waals surface area contributed by atoms with Crippen LogP contribution in [-0.4, -0.2) is 35.5 Å². The van der Waals surface area contributed by atoms with E-state index in [0.717, 1.165) is 16.7 Å². The van der Waals surface area contributed by atoms with Crippen LogP contribution in [0.2, 0.25) is 0 Å². The Hall–Kier alpha value is -4.33. The van der Waals surface area contributed by atoms with Gasteiger partial charge in [-0.15, -0.1) is 0 Å². The molecule has 0 heterocycles. The van der Waals surface area contributed by atoms with Gasteiger partial charge >= 0.3 is 0 Å². The standard InChI is InChI=1S/C27H31N5O3/c28-27(29)30-16-8-15-23(25(34)31-18-19-9-7-14-22(33)17-19)32-26(35)24(20-10-3-1-4-11-20)21-12-5-2-6-13-21/h1-7,9-14,17,23-24,33H,8,15-16,18H2,(H,31,34)(H,32,35)(H4,28,29,30)/t23-/m0/s1. The summed E-state index contributed by atoms with van der Waals surface area (Å²) in [4.78, 5) is 30.6. The van der Waals surface area contributed by atoms with Crippen molar-refractivity contribution >= 4 is 17.8 Å². The van der Waals surface area contributed by atoms with Crippen molar-refractivity contribution in [3.05, 3.63) is 102 Å². The van der Waals surface area contributed by atoms with Gasteiger partial charge in [0.15, 0.2) is 5.96 Å². The van der Waals surface area contributed by atoms with Crippen LogP contribution in [0.1, 0.15) is 35.4 Å². The van der Waals surface area contributed by atoms with Crippen molar-refractivity contribution in [3.63, 3.8) is 0 Å². The van der Waals surface area contributed by atoms with Crippen LogP contribution < -0.4 is 22.1 Å². The van der Waals surface area contributed by atoms with Gasteiger partial charge in [0.1, 0.15) is 11.8 Å². The van der Waals surface area contributed by atoms with Crippen molar-refractivity contribution in [2.75, 3.05) is 6.54 Å². The van der Waals surface area contributed by atoms with Crippen molar-refractivity contribution in [1.82, 2.24) is 10.6 Å². The molecule has 0 radical (unpaired) electrons. The maximum atomic E-state index is 13.5. The Balaban J connectivity index is 1.77. The first-order valence-corrected chi connectivity index (χ1v) is 11.5. The Morgan fingerprint density at radius 2 is 1.49 bits per heavy atom. The number of aromatic hydroxyl groups is 1. The predicted molar refractivity (Wildman–Crippen MR) is 137 cm³/mol. The molecule has 0 aliphatic carbocycles. The van der Waals surface area contributed by atoms with E-state index >= 15 is 0 Å². The number of benzene rings is 3. The molecule has 7 N–H and O–H groups in total. The van der Waals surface area contributed by atoms with Gasteiger partial charge in [0.2, 0.25) is 11.8 Å². The van der Waals surface area contributed by atoms with Crippen LogP contribution in [0.3, 0.4) is 0 Å². The molecule has 0 saturated carbocycles. The van der Waals surface area contributed by atoms with Crippen LogP contribution >= 0.6 is 0 Å². The first-order chi connectivity index (χ1) is 16.9. The van der Waals surface area contributed by atoms with Gasteiger partial charge < -0.3 is 27.2 Å². The summed E-state index contributed by atoms with van der Waals surface area (Å²) in [5.74, 6) is -1.08. The molecule has 8 nitrogen and oxygen atoms in total. The number of rotatable bonds is 11. The van der Waals surface area contributed by atoms with Gasteiger partial charge in [0, 0.05) is 13.1 Å². The monoisotopic (exact) mass is 473 g/mol. The van der Waals surface area contributed by atoms with Gasteiger partial charge in [-0.3, -0.25) is 14.6 Å². The molecule has 35 heavy (non-hydrogen) atoms. The molecule has 0 fully saturated rings. The van der Waals surface area contributed by atoms with E-state index in [1.807, 2.05) is 60.7 Å². The average molecular weight is 474 g/mol. The lowest BCUT2D eigenvalue weighted by Crippen LogP contribution is -2.48. The highest BCUT2D eigenvalue weighted by atomic mass is 16.3. The molecule has 182 valence electrons. The minimum Gasteiger partial charge on any atom is -0.508 e. The van der Waals surface area contributed by atoms with Crippen LogP contribution in [0.25, 0.3) is 0 Å². The largest absolute Gasteiger partial charge is 0.508 e. The molecule has 3 aromatic rings. The van der Waals surface area contributed by atoms with Crippen LogP contribution in [0, 0.1) is 0 Å². The summed E-state index contributed by atoms with van der Waals surface area (Å²) in [6.45, 7) is 0.559. The van der Waals surface area contributed by atoms with E-state index in [9.17, 15) is 14.7 Å². The number of nitrogens with two attached hydrogens (primary N) is 2. The second-order valence-electron chi connectivity index (χ2n) is 8.15. The SMILES string of the molecule is NC(N)=NCCC[C@H](NC(=O)C(c1ccccc1)c1ccccc1)C(=O)NCc1cccc(O)c1. The number of hydrogen-bond donors (Lipinski definition) is 5. The lowest BCUT2D eigenvalue weighted by molar-refractivity contribution is -0.129. The van der Waals surface area contributed by atoms with Gasteiger partial charge in [-0.1, -0.05) is 72.8 Å². The number of hydrogen-bond acceptors (Lipinski definition) is 4. The van der Waals surface area contributed by atoms with Crippen LogP contribution in [0.4, 0.5) is 0 Å². The number of guanidine groups is 1. The summed E-state index contributed by atoms with van der Waals surface area (Å²) in [7, 11) is 0. The quantitative estimate of drug-likeness (QED) is 0.165. The summed E-state index contributed by atoms with van der Waals surface area (Å²) >= 11 is 0. The lowest BCUT2D eigenvalue weighted by atomic mass is 9.90. The zero-order chi connectivity index (χ0) is 25.0. The molecule has 2 amide bonds. The van der Waals surface area contributed by atoms with Crippen molar-refractivity contribution in [2.24, 2.45) is 16.5 Å². The maximum absolute atomic E-state index is 13.5. The Kier molecular flexibility index (Phi) is 9.24. The molecule has 1 atom stereocenters. The third-order valence-electron chi connectivity index (χ3n) is 5.48. The second-order valence-corrected chi connectivity index (χ2v) is 8.15. The third-order valence-corrected chi connectivity index (χ3v) is 5.48. The number of nitrogens with one attached hydrogen (secondary N) is 2. The number of amides is 2. The topological polar surface area (TPSA) is 143 Å². The summed E-state index contributed by atoms with van der Waals surface area (Å²) in [6, 6.07) is 24.8. The third kappa shape index (κ3) is 7.89. The molecule has 0 aliphatic heterocycles. The lowest BCUT2D eigenvalue weighted by Gasteiger charge is -2.23. The van der Waals surface area contributed by atoms with E-state index in [1.165, 1.54) is 0 Å². The first-order valence-electron chi connectivity index (χ1n) is 11.5. The number of phenols is 1. The van der Waals surface area contributed by atoms with E-state index in [0.29, 0.717) is 19.4 Å². The van der Waals surface area contributed by atoms with Gasteiger partial charge in [-0.2, -0.15) is 0 Å². The van der Waals surface area contributed by atoms with E-state index in [1.54, 1.807) is 24.3 Å². The van der Waals surface area contributed by atoms with Crippen molar-refractivity contribution < 1.29 is 14.7 Å². The van der Waals surface area contributed by atoms with Crippen LogP contribution in [0.5, 0.6) is 5.75 Å². The molecule has 0 aliphatic rings. The van der Waals surface area contributed by atoms with Gasteiger partial charge in [0.25, 0.3) is 0 Å². The molecule has 3 aromatic carbocycles. The smallest absolute Gasteiger partial charge is 0.242 e. The Labute approximate surface area is 205 Å². The molecule has 0 saturated heterocycles. The molecule has 8 heteroatoms. The van der Waals surface area contributed by atoms with E-state index < -0.39 is 12.0 Å². The van der Waals surface area contributed by atoms with Crippen LogP contribution in [0.15, 0.2) is 89.9 Å². The van der Waals surface area contributed by atoms with E-state index in [-0.39, 0.29) is 30.1 Å². The normalized spacial score (nSPS) is 11.5. The average Bonchev–Trinajstić information content (AvgIpc) is 2.86. The Morgan fingerprint density at radius 3 is 2.06 bits per heavy atom. The number of carbonyl (C=O) groups excluding carboxylic acids is 2. The molecule has 0 bridgehead atoms. The predicted octanol–water partition coefficient (Wildman–Crippen LogP) is 2.38.